The van der Waals surface area contributed by atoms with Crippen molar-refractivity contribution >= 4 is 27.8 Å². The van der Waals surface area contributed by atoms with E-state index in [0.717, 1.165) is 4.31 Å². The molecule has 12 nitrogen and oxygen atoms in total. The van der Waals surface area contributed by atoms with Gasteiger partial charge in [0.25, 0.3) is 0 Å². The molecule has 2 aromatic heterocycles. The summed E-state index contributed by atoms with van der Waals surface area (Å²) < 4.78 is 40.2. The molecule has 0 bridgehead atoms. The van der Waals surface area contributed by atoms with Crippen LogP contribution < -0.4 is 15.4 Å². The summed E-state index contributed by atoms with van der Waals surface area (Å²) in [6.07, 6.45) is 8.62. The minimum Gasteiger partial charge on any atom is -0.477 e. The Morgan fingerprint density at radius 2 is 2.00 bits per heavy atom. The molecule has 3 heterocycles. The van der Waals surface area contributed by atoms with E-state index in [1.165, 1.54) is 33.3 Å². The van der Waals surface area contributed by atoms with Crippen LogP contribution in [0.5, 0.6) is 5.88 Å². The van der Waals surface area contributed by atoms with Crippen LogP contribution in [0.3, 0.4) is 0 Å². The number of nitrogens with one attached hydrogen (secondary N) is 2. The second-order valence-corrected chi connectivity index (χ2v) is 10.4. The highest BCUT2D eigenvalue weighted by molar-refractivity contribution is 7.87. The molecule has 0 radical (unpaired) electrons. The molecule has 2 aromatic rings. The topological polar surface area (TPSA) is 148 Å². The number of amidine groups is 1. The number of amides is 1. The second-order valence-electron chi connectivity index (χ2n) is 8.63. The SMILES string of the molecule is C=C/C=C(\NC(C)=NS(=O)(=O)N(C)C)C1(C(=O)Nc2ccc(-c3cncc(OCC)n3)cn2)CCOCC1. The Bertz CT molecular complexity index is 1300. The van der Waals surface area contributed by atoms with Gasteiger partial charge in [0.1, 0.15) is 11.7 Å². The summed E-state index contributed by atoms with van der Waals surface area (Å²) in [5.41, 5.74) is 0.705. The molecule has 1 aliphatic heterocycles. The third kappa shape index (κ3) is 7.00. The lowest BCUT2D eigenvalue weighted by Crippen LogP contribution is -2.47. The quantitative estimate of drug-likeness (QED) is 0.262. The summed E-state index contributed by atoms with van der Waals surface area (Å²) >= 11 is 0. The first-order valence-corrected chi connectivity index (χ1v) is 13.4. The predicted molar refractivity (Wildman–Crippen MR) is 145 cm³/mol. The summed E-state index contributed by atoms with van der Waals surface area (Å²) in [6.45, 7) is 8.31. The molecule has 1 amide bonds. The maximum Gasteiger partial charge on any atom is 0.323 e. The van der Waals surface area contributed by atoms with Crippen molar-refractivity contribution in [3.63, 3.8) is 0 Å². The van der Waals surface area contributed by atoms with Crippen LogP contribution in [0, 0.1) is 5.41 Å². The zero-order valence-corrected chi connectivity index (χ0v) is 22.8. The van der Waals surface area contributed by atoms with E-state index in [2.05, 4.69) is 36.6 Å². The molecule has 0 unspecified atom stereocenters. The van der Waals surface area contributed by atoms with Gasteiger partial charge in [-0.1, -0.05) is 12.7 Å². The first-order valence-electron chi connectivity index (χ1n) is 12.0. The molecule has 2 N–H and O–H groups in total. The third-order valence-electron chi connectivity index (χ3n) is 5.82. The molecule has 0 saturated carbocycles. The van der Waals surface area contributed by atoms with E-state index in [1.54, 1.807) is 30.6 Å². The number of hydrogen-bond acceptors (Lipinski definition) is 8. The van der Waals surface area contributed by atoms with E-state index in [-0.39, 0.29) is 11.7 Å². The summed E-state index contributed by atoms with van der Waals surface area (Å²) in [5, 5.41) is 5.92. The molecule has 1 aliphatic rings. The highest BCUT2D eigenvalue weighted by atomic mass is 32.2. The van der Waals surface area contributed by atoms with Crippen molar-refractivity contribution in [1.82, 2.24) is 24.6 Å². The van der Waals surface area contributed by atoms with Gasteiger partial charge in [-0.25, -0.2) is 9.97 Å². The maximum absolute atomic E-state index is 13.7. The van der Waals surface area contributed by atoms with Crippen LogP contribution in [0.4, 0.5) is 5.82 Å². The lowest BCUT2D eigenvalue weighted by Gasteiger charge is -2.38. The lowest BCUT2D eigenvalue weighted by atomic mass is 9.75. The van der Waals surface area contributed by atoms with Crippen molar-refractivity contribution in [3.8, 4) is 17.1 Å². The molecule has 204 valence electrons. The normalized spacial score (nSPS) is 16.1. The van der Waals surface area contributed by atoms with Gasteiger partial charge in [-0.2, -0.15) is 12.7 Å². The van der Waals surface area contributed by atoms with Crippen molar-refractivity contribution in [2.75, 3.05) is 39.2 Å². The molecule has 1 saturated heterocycles. The van der Waals surface area contributed by atoms with Gasteiger partial charge < -0.3 is 20.1 Å². The Kier molecular flexibility index (Phi) is 9.66. The molecule has 38 heavy (non-hydrogen) atoms. The number of hydrogen-bond donors (Lipinski definition) is 2. The van der Waals surface area contributed by atoms with Crippen molar-refractivity contribution in [2.45, 2.75) is 26.7 Å². The van der Waals surface area contributed by atoms with Gasteiger partial charge >= 0.3 is 10.2 Å². The van der Waals surface area contributed by atoms with Gasteiger partial charge in [0.2, 0.25) is 11.8 Å². The molecule has 0 atom stereocenters. The molecule has 0 spiro atoms. The number of pyridine rings is 1. The van der Waals surface area contributed by atoms with Gasteiger partial charge in [0.15, 0.2) is 0 Å². The number of rotatable bonds is 10. The fraction of sp³-hybridized carbons (Fsp3) is 0.400. The number of carbonyl (C=O) groups is 1. The van der Waals surface area contributed by atoms with Gasteiger partial charge in [-0.05, 0) is 44.9 Å². The molecule has 13 heteroatoms. The van der Waals surface area contributed by atoms with E-state index >= 15 is 0 Å². The van der Waals surface area contributed by atoms with Crippen molar-refractivity contribution in [3.05, 3.63) is 55.2 Å². The number of anilines is 1. The Labute approximate surface area is 223 Å². The summed E-state index contributed by atoms with van der Waals surface area (Å²) in [6, 6.07) is 3.45. The third-order valence-corrected chi connectivity index (χ3v) is 7.24. The van der Waals surface area contributed by atoms with E-state index in [4.69, 9.17) is 9.47 Å². The van der Waals surface area contributed by atoms with Gasteiger partial charge in [0.05, 0.1) is 30.1 Å². The Morgan fingerprint density at radius 3 is 2.61 bits per heavy atom. The Hall–Kier alpha value is -3.68. The second kappa shape index (κ2) is 12.7. The van der Waals surface area contributed by atoms with Gasteiger partial charge in [0, 0.05) is 44.8 Å². The van der Waals surface area contributed by atoms with E-state index in [0.29, 0.717) is 61.3 Å². The Balaban J connectivity index is 1.86. The molecular weight excluding hydrogens is 510 g/mol. The minimum absolute atomic E-state index is 0.114. The number of ether oxygens (including phenoxy) is 2. The smallest absolute Gasteiger partial charge is 0.323 e. The molecule has 0 aliphatic carbocycles. The molecule has 3 rings (SSSR count). The van der Waals surface area contributed by atoms with Crippen LogP contribution >= 0.6 is 0 Å². The lowest BCUT2D eigenvalue weighted by molar-refractivity contribution is -0.128. The Morgan fingerprint density at radius 1 is 1.26 bits per heavy atom. The number of allylic oxidation sites excluding steroid dienone is 2. The monoisotopic (exact) mass is 543 g/mol. The summed E-state index contributed by atoms with van der Waals surface area (Å²) in [7, 11) is -1.08. The predicted octanol–water partition coefficient (Wildman–Crippen LogP) is 2.56. The summed E-state index contributed by atoms with van der Waals surface area (Å²) in [5.74, 6) is 0.554. The van der Waals surface area contributed by atoms with Crippen LogP contribution in [0.25, 0.3) is 11.3 Å². The molecule has 0 aromatic carbocycles. The largest absolute Gasteiger partial charge is 0.477 e. The van der Waals surface area contributed by atoms with Gasteiger partial charge in [-0.3, -0.25) is 9.78 Å². The van der Waals surface area contributed by atoms with Crippen molar-refractivity contribution < 1.29 is 22.7 Å². The number of aromatic nitrogens is 3. The van der Waals surface area contributed by atoms with Gasteiger partial charge in [-0.15, -0.1) is 4.40 Å². The summed E-state index contributed by atoms with van der Waals surface area (Å²) in [4.78, 5) is 26.7. The van der Waals surface area contributed by atoms with E-state index in [1.807, 2.05) is 6.92 Å². The van der Waals surface area contributed by atoms with Crippen LogP contribution in [-0.4, -0.2) is 73.3 Å². The average molecular weight is 544 g/mol. The van der Waals surface area contributed by atoms with Crippen LogP contribution in [0.2, 0.25) is 0 Å². The standard InChI is InChI=1S/C25H33N7O5S/c1-6-8-21(28-18(3)31-38(34,35)32(4)5)25(11-13-36-14-12-25)24(33)30-22-10-9-19(15-27-22)20-16-26-17-23(29-20)37-7-2/h6,8-10,15-17H,1,7,11-14H2,2-5H3,(H,28,31)(H,27,30,33)/b21-8-. The maximum atomic E-state index is 13.7. The highest BCUT2D eigenvalue weighted by Gasteiger charge is 2.44. The first kappa shape index (κ1) is 28.9. The van der Waals surface area contributed by atoms with Crippen molar-refractivity contribution in [2.24, 2.45) is 9.81 Å². The van der Waals surface area contributed by atoms with E-state index in [9.17, 15) is 13.2 Å². The molecule has 1 fully saturated rings. The van der Waals surface area contributed by atoms with E-state index < -0.39 is 15.6 Å². The van der Waals surface area contributed by atoms with Crippen LogP contribution in [0.15, 0.2) is 59.5 Å². The fourth-order valence-corrected chi connectivity index (χ4v) is 4.36. The van der Waals surface area contributed by atoms with Crippen molar-refractivity contribution in [1.29, 1.82) is 0 Å². The van der Waals surface area contributed by atoms with Crippen LogP contribution in [-0.2, 0) is 19.7 Å². The average Bonchev–Trinajstić information content (AvgIpc) is 2.89. The zero-order chi connectivity index (χ0) is 27.8. The first-order chi connectivity index (χ1) is 18.1. The fourth-order valence-electron chi connectivity index (χ4n) is 3.81. The highest BCUT2D eigenvalue weighted by Crippen LogP contribution is 2.38. The molecular formula is C25H33N7O5S. The zero-order valence-electron chi connectivity index (χ0n) is 22.0. The minimum atomic E-state index is -3.86. The van der Waals surface area contributed by atoms with Crippen LogP contribution in [0.1, 0.15) is 26.7 Å². The number of nitrogens with zero attached hydrogens (tertiary/aromatic N) is 5. The number of carbonyl (C=O) groups excluding carboxylic acids is 1.